The van der Waals surface area contributed by atoms with Crippen LogP contribution in [-0.4, -0.2) is 36.3 Å². The van der Waals surface area contributed by atoms with E-state index in [1.807, 2.05) is 0 Å². The van der Waals surface area contributed by atoms with E-state index in [9.17, 15) is 8.78 Å². The Kier molecular flexibility index (Phi) is 4.70. The number of halogens is 2. The van der Waals surface area contributed by atoms with E-state index in [2.05, 4.69) is 4.98 Å². The molecule has 1 aliphatic carbocycles. The van der Waals surface area contributed by atoms with E-state index < -0.39 is 11.6 Å². The molecule has 1 fully saturated rings. The van der Waals surface area contributed by atoms with Crippen molar-refractivity contribution >= 4 is 21.6 Å². The first-order chi connectivity index (χ1) is 13.7. The van der Waals surface area contributed by atoms with Gasteiger partial charge in [-0.1, -0.05) is 0 Å². The van der Waals surface area contributed by atoms with Gasteiger partial charge in [-0.2, -0.15) is 4.98 Å². The fourth-order valence-corrected chi connectivity index (χ4v) is 5.14. The molecule has 2 aromatic heterocycles. The Hall–Kier alpha value is -2.16. The van der Waals surface area contributed by atoms with Crippen molar-refractivity contribution in [1.82, 2.24) is 9.97 Å². The second-order valence-corrected chi connectivity index (χ2v) is 8.28. The zero-order valence-corrected chi connectivity index (χ0v) is 16.1. The number of benzene rings is 1. The summed E-state index contributed by atoms with van der Waals surface area (Å²) in [4.78, 5) is 13.1. The maximum atomic E-state index is 13.6. The average Bonchev–Trinajstić information content (AvgIpc) is 3.26. The number of rotatable bonds is 4. The highest BCUT2D eigenvalue weighted by atomic mass is 32.1. The van der Waals surface area contributed by atoms with Gasteiger partial charge >= 0.3 is 0 Å². The smallest absolute Gasteiger partial charge is 0.231 e. The third-order valence-corrected chi connectivity index (χ3v) is 6.48. The standard InChI is InChI=1S/C20H19F2N3O2S/c21-14-5-4-12(10-15(14)22)27-19-18-13-2-1-3-16(13)28-20(18)24-17(23-19)11-25-6-8-26-9-7-25/h4-5,10H,1-3,6-9,11H2/p+1. The number of ether oxygens (including phenoxy) is 2. The minimum Gasteiger partial charge on any atom is -0.438 e. The molecule has 1 saturated heterocycles. The summed E-state index contributed by atoms with van der Waals surface area (Å²) in [6.45, 7) is 4.01. The molecular formula is C20H20F2N3O2S+. The Morgan fingerprint density at radius 1 is 1.11 bits per heavy atom. The number of aryl methyl sites for hydroxylation is 2. The van der Waals surface area contributed by atoms with Crippen LogP contribution < -0.4 is 9.64 Å². The number of hydrogen-bond acceptors (Lipinski definition) is 5. The van der Waals surface area contributed by atoms with Gasteiger partial charge in [0, 0.05) is 10.9 Å². The summed E-state index contributed by atoms with van der Waals surface area (Å²) >= 11 is 1.69. The number of thiophene rings is 1. The summed E-state index contributed by atoms with van der Waals surface area (Å²) in [7, 11) is 0. The van der Waals surface area contributed by atoms with Gasteiger partial charge in [0.2, 0.25) is 5.88 Å². The van der Waals surface area contributed by atoms with E-state index in [-0.39, 0.29) is 5.75 Å². The molecule has 5 nitrogen and oxygen atoms in total. The van der Waals surface area contributed by atoms with Crippen LogP contribution in [0.15, 0.2) is 18.2 Å². The molecule has 0 spiro atoms. The first kappa shape index (κ1) is 17.9. The molecule has 0 radical (unpaired) electrons. The van der Waals surface area contributed by atoms with E-state index in [1.165, 1.54) is 21.4 Å². The highest BCUT2D eigenvalue weighted by molar-refractivity contribution is 7.19. The quantitative estimate of drug-likeness (QED) is 0.727. The van der Waals surface area contributed by atoms with Gasteiger partial charge in [0.05, 0.1) is 18.6 Å². The second kappa shape index (κ2) is 7.35. The van der Waals surface area contributed by atoms with Crippen molar-refractivity contribution in [3.63, 3.8) is 0 Å². The zero-order valence-electron chi connectivity index (χ0n) is 15.3. The predicted molar refractivity (Wildman–Crippen MR) is 101 cm³/mol. The molecule has 0 amide bonds. The highest BCUT2D eigenvalue weighted by Gasteiger charge is 2.25. The van der Waals surface area contributed by atoms with E-state index in [0.717, 1.165) is 67.9 Å². The molecule has 0 atom stereocenters. The van der Waals surface area contributed by atoms with Gasteiger partial charge in [-0.25, -0.2) is 13.8 Å². The number of quaternary nitrogens is 1. The molecule has 3 aromatic rings. The van der Waals surface area contributed by atoms with E-state index >= 15 is 0 Å². The van der Waals surface area contributed by atoms with Gasteiger partial charge in [0.15, 0.2) is 17.5 Å². The maximum absolute atomic E-state index is 13.6. The van der Waals surface area contributed by atoms with Crippen molar-refractivity contribution in [2.45, 2.75) is 25.8 Å². The van der Waals surface area contributed by atoms with Crippen molar-refractivity contribution in [2.24, 2.45) is 0 Å². The molecule has 0 saturated carbocycles. The Balaban J connectivity index is 1.54. The number of morpholine rings is 1. The molecule has 8 heteroatoms. The first-order valence-electron chi connectivity index (χ1n) is 9.53. The Bertz CT molecular complexity index is 1030. The number of nitrogens with zero attached hydrogens (tertiary/aromatic N) is 2. The van der Waals surface area contributed by atoms with Gasteiger partial charge < -0.3 is 14.4 Å². The molecule has 0 bridgehead atoms. The summed E-state index contributed by atoms with van der Waals surface area (Å²) < 4.78 is 38.3. The van der Waals surface area contributed by atoms with Crippen molar-refractivity contribution in [3.8, 4) is 11.6 Å². The summed E-state index contributed by atoms with van der Waals surface area (Å²) in [5.41, 5.74) is 1.24. The van der Waals surface area contributed by atoms with Crippen molar-refractivity contribution in [1.29, 1.82) is 0 Å². The van der Waals surface area contributed by atoms with Crippen LogP contribution in [0.4, 0.5) is 8.78 Å². The van der Waals surface area contributed by atoms with Crippen LogP contribution >= 0.6 is 11.3 Å². The molecule has 1 aliphatic heterocycles. The minimum absolute atomic E-state index is 0.238. The van der Waals surface area contributed by atoms with Crippen LogP contribution in [0.1, 0.15) is 22.7 Å². The van der Waals surface area contributed by atoms with Crippen LogP contribution in [0.2, 0.25) is 0 Å². The van der Waals surface area contributed by atoms with Gasteiger partial charge in [-0.3, -0.25) is 0 Å². The van der Waals surface area contributed by atoms with Gasteiger partial charge in [-0.15, -0.1) is 11.3 Å². The summed E-state index contributed by atoms with van der Waals surface area (Å²) in [6, 6.07) is 3.55. The number of nitrogens with one attached hydrogen (secondary N) is 1. The van der Waals surface area contributed by atoms with Crippen LogP contribution in [-0.2, 0) is 24.1 Å². The third-order valence-electron chi connectivity index (χ3n) is 5.29. The lowest BCUT2D eigenvalue weighted by Crippen LogP contribution is -3.12. The molecule has 1 N–H and O–H groups in total. The van der Waals surface area contributed by atoms with Crippen LogP contribution in [0.25, 0.3) is 10.2 Å². The highest BCUT2D eigenvalue weighted by Crippen LogP contribution is 2.41. The van der Waals surface area contributed by atoms with Crippen LogP contribution in [0, 0.1) is 11.6 Å². The van der Waals surface area contributed by atoms with Crippen molar-refractivity contribution in [2.75, 3.05) is 26.3 Å². The third kappa shape index (κ3) is 3.36. The normalized spacial score (nSPS) is 17.2. The van der Waals surface area contributed by atoms with Crippen molar-refractivity contribution in [3.05, 3.63) is 46.1 Å². The summed E-state index contributed by atoms with van der Waals surface area (Å²) in [6.07, 6.45) is 3.13. The lowest BCUT2D eigenvalue weighted by Gasteiger charge is -2.23. The summed E-state index contributed by atoms with van der Waals surface area (Å²) in [5.74, 6) is -0.439. The first-order valence-corrected chi connectivity index (χ1v) is 10.3. The Morgan fingerprint density at radius 2 is 1.96 bits per heavy atom. The number of aromatic nitrogens is 2. The topological polar surface area (TPSA) is 48.7 Å². The zero-order chi connectivity index (χ0) is 19.1. The molecule has 28 heavy (non-hydrogen) atoms. The van der Waals surface area contributed by atoms with Crippen LogP contribution in [0.5, 0.6) is 11.6 Å². The fourth-order valence-electron chi connectivity index (χ4n) is 3.87. The Morgan fingerprint density at radius 3 is 2.79 bits per heavy atom. The molecule has 3 heterocycles. The number of hydrogen-bond donors (Lipinski definition) is 1. The van der Waals surface area contributed by atoms with Gasteiger partial charge in [-0.05, 0) is 37.0 Å². The van der Waals surface area contributed by atoms with Crippen molar-refractivity contribution < 1.29 is 23.2 Å². The monoisotopic (exact) mass is 404 g/mol. The Labute approximate surface area is 164 Å². The van der Waals surface area contributed by atoms with Crippen LogP contribution in [0.3, 0.4) is 0 Å². The molecule has 0 unspecified atom stereocenters. The SMILES string of the molecule is Fc1ccc(Oc2nc(C[NH+]3CCOCC3)nc3sc4c(c23)CCC4)cc1F. The fraction of sp³-hybridized carbons (Fsp3) is 0.400. The largest absolute Gasteiger partial charge is 0.438 e. The van der Waals surface area contributed by atoms with Gasteiger partial charge in [0.1, 0.15) is 30.2 Å². The van der Waals surface area contributed by atoms with E-state index in [4.69, 9.17) is 14.5 Å². The average molecular weight is 404 g/mol. The molecule has 1 aromatic carbocycles. The predicted octanol–water partition coefficient (Wildman–Crippen LogP) is 2.67. The van der Waals surface area contributed by atoms with Gasteiger partial charge in [0.25, 0.3) is 0 Å². The minimum atomic E-state index is -0.934. The van der Waals surface area contributed by atoms with E-state index in [1.54, 1.807) is 11.3 Å². The maximum Gasteiger partial charge on any atom is 0.231 e. The lowest BCUT2D eigenvalue weighted by molar-refractivity contribution is -0.922. The number of fused-ring (bicyclic) bond motifs is 3. The van der Waals surface area contributed by atoms with E-state index in [0.29, 0.717) is 18.2 Å². The second-order valence-electron chi connectivity index (χ2n) is 7.20. The molecular weight excluding hydrogens is 384 g/mol. The molecule has 146 valence electrons. The summed E-state index contributed by atoms with van der Waals surface area (Å²) in [5, 5.41) is 0.919. The molecule has 2 aliphatic rings. The lowest BCUT2D eigenvalue weighted by atomic mass is 10.2. The molecule has 5 rings (SSSR count).